The van der Waals surface area contributed by atoms with Gasteiger partial charge in [-0.2, -0.15) is 0 Å². The summed E-state index contributed by atoms with van der Waals surface area (Å²) in [6.07, 6.45) is 15.6. The third-order valence-corrected chi connectivity index (χ3v) is 6.86. The van der Waals surface area contributed by atoms with E-state index < -0.39 is 0 Å². The van der Waals surface area contributed by atoms with E-state index in [-0.39, 0.29) is 23.1 Å². The minimum absolute atomic E-state index is 0.0583. The van der Waals surface area contributed by atoms with Crippen molar-refractivity contribution in [3.63, 3.8) is 0 Å². The van der Waals surface area contributed by atoms with Crippen LogP contribution < -0.4 is 21.3 Å². The molecule has 8 heteroatoms. The van der Waals surface area contributed by atoms with E-state index in [0.717, 1.165) is 48.5 Å². The molecule has 2 rings (SSSR count). The third kappa shape index (κ3) is 15.4. The van der Waals surface area contributed by atoms with E-state index in [9.17, 15) is 19.2 Å². The maximum Gasteiger partial charge on any atom is 0.154 e. The molecule has 4 atom stereocenters. The van der Waals surface area contributed by atoms with Gasteiger partial charge in [0.15, 0.2) is 23.1 Å². The summed E-state index contributed by atoms with van der Waals surface area (Å²) >= 11 is 0. The van der Waals surface area contributed by atoms with Gasteiger partial charge in [-0.15, -0.1) is 0 Å². The summed E-state index contributed by atoms with van der Waals surface area (Å²) in [6.45, 7) is 13.9. The number of carbonyl (C=O) groups excluding carboxylic acids is 4. The van der Waals surface area contributed by atoms with E-state index in [1.165, 1.54) is 25.7 Å². The molecule has 0 aliphatic heterocycles. The molecule has 0 aromatic carbocycles. The number of hydrogen-bond acceptors (Lipinski definition) is 8. The average Bonchev–Trinajstić information content (AvgIpc) is 2.80. The minimum atomic E-state index is 0.0583. The summed E-state index contributed by atoms with van der Waals surface area (Å²) in [7, 11) is 0. The summed E-state index contributed by atoms with van der Waals surface area (Å²) < 4.78 is 0. The van der Waals surface area contributed by atoms with Crippen molar-refractivity contribution in [2.45, 2.75) is 131 Å². The Kier molecular flexibility index (Phi) is 15.9. The molecule has 0 aromatic heterocycles. The van der Waals surface area contributed by atoms with Gasteiger partial charge in [0, 0.05) is 47.0 Å². The zero-order valence-corrected chi connectivity index (χ0v) is 25.9. The Morgan fingerprint density at radius 2 is 0.575 bits per heavy atom. The Morgan fingerprint density at radius 1 is 0.400 bits per heavy atom. The van der Waals surface area contributed by atoms with Crippen molar-refractivity contribution in [3.05, 3.63) is 47.1 Å². The third-order valence-electron chi connectivity index (χ3n) is 6.86. The maximum absolute atomic E-state index is 11.1. The summed E-state index contributed by atoms with van der Waals surface area (Å²) in [5.74, 6) is 0.233. The lowest BCUT2D eigenvalue weighted by Gasteiger charge is -2.34. The molecular weight excluding hydrogens is 504 g/mol. The number of hydrogen-bond donors (Lipinski definition) is 4. The lowest BCUT2D eigenvalue weighted by Crippen LogP contribution is -2.48. The normalized spacial score (nSPS) is 24.2. The molecule has 2 fully saturated rings. The molecule has 8 nitrogen and oxygen atoms in total. The summed E-state index contributed by atoms with van der Waals surface area (Å²) in [6, 6.07) is 1.20. The summed E-state index contributed by atoms with van der Waals surface area (Å²) in [4.78, 5) is 44.4. The fraction of sp³-hybridized carbons (Fsp3) is 0.625. The second-order valence-electron chi connectivity index (χ2n) is 11.3. The highest BCUT2D eigenvalue weighted by Crippen LogP contribution is 2.21. The summed E-state index contributed by atoms with van der Waals surface area (Å²) in [5, 5.41) is 13.7. The highest BCUT2D eigenvalue weighted by atomic mass is 16.1. The van der Waals surface area contributed by atoms with Gasteiger partial charge in [0.2, 0.25) is 0 Å². The molecule has 0 bridgehead atoms. The van der Waals surface area contributed by atoms with E-state index in [1.54, 1.807) is 52.0 Å². The largest absolute Gasteiger partial charge is 0.384 e. The molecular formula is C32H52N4O4. The SMILES string of the molecule is CC(=O)/C=C(/C)N[C@H]1CCCC[C@@H]1N/C(C)=C\C(C)=O.CC(=O)/C=C(/C)N[C@H]1CCCC[C@@H]1N/C(C)=C\C(C)=O. The predicted octanol–water partition coefficient (Wildman–Crippen LogP) is 4.92. The fourth-order valence-corrected chi connectivity index (χ4v) is 5.51. The van der Waals surface area contributed by atoms with Gasteiger partial charge in [0.25, 0.3) is 0 Å². The second kappa shape index (κ2) is 18.2. The molecule has 2 saturated carbocycles. The lowest BCUT2D eigenvalue weighted by atomic mass is 9.90. The zero-order chi connectivity index (χ0) is 30.2. The highest BCUT2D eigenvalue weighted by Gasteiger charge is 2.26. The van der Waals surface area contributed by atoms with Crippen LogP contribution in [0.5, 0.6) is 0 Å². The smallest absolute Gasteiger partial charge is 0.154 e. The molecule has 2 aliphatic rings. The van der Waals surface area contributed by atoms with Crippen molar-refractivity contribution in [2.24, 2.45) is 0 Å². The van der Waals surface area contributed by atoms with Crippen molar-refractivity contribution in [2.75, 3.05) is 0 Å². The van der Waals surface area contributed by atoms with Crippen LogP contribution in [0.15, 0.2) is 47.1 Å². The van der Waals surface area contributed by atoms with Gasteiger partial charge in [-0.1, -0.05) is 25.7 Å². The van der Waals surface area contributed by atoms with Crippen LogP contribution in [0, 0.1) is 0 Å². The van der Waals surface area contributed by atoms with Gasteiger partial charge in [-0.05, 0) is 105 Å². The number of carbonyl (C=O) groups is 4. The molecule has 40 heavy (non-hydrogen) atoms. The Labute approximate surface area is 241 Å². The van der Waals surface area contributed by atoms with Crippen molar-refractivity contribution in [1.29, 1.82) is 0 Å². The Hall–Kier alpha value is -3.16. The van der Waals surface area contributed by atoms with E-state index in [4.69, 9.17) is 0 Å². The molecule has 0 unspecified atom stereocenters. The standard InChI is InChI=1S/2C16H26N2O2/c2*1-11(9-13(3)19)17-15-7-5-6-8-16(15)18-12(2)10-14(4)20/h2*9-10,15-18H,5-8H2,1-4H3/b2*11-9-,12-10-/t2*15-,16-/m00/s1. The van der Waals surface area contributed by atoms with Crippen molar-refractivity contribution >= 4 is 23.1 Å². The van der Waals surface area contributed by atoms with E-state index in [1.807, 2.05) is 27.7 Å². The molecule has 4 N–H and O–H groups in total. The number of allylic oxidation sites excluding steroid dienone is 8. The Bertz CT molecular complexity index is 848. The van der Waals surface area contributed by atoms with Gasteiger partial charge in [0.05, 0.1) is 0 Å². The van der Waals surface area contributed by atoms with Gasteiger partial charge in [-0.25, -0.2) is 0 Å². The zero-order valence-electron chi connectivity index (χ0n) is 25.9. The molecule has 0 saturated heterocycles. The van der Waals surface area contributed by atoms with Gasteiger partial charge in [-0.3, -0.25) is 19.2 Å². The van der Waals surface area contributed by atoms with Crippen LogP contribution in [0.1, 0.15) is 107 Å². The first-order chi connectivity index (χ1) is 18.8. The van der Waals surface area contributed by atoms with Gasteiger partial charge < -0.3 is 21.3 Å². The van der Waals surface area contributed by atoms with Crippen LogP contribution >= 0.6 is 0 Å². The molecule has 0 spiro atoms. The molecule has 0 amide bonds. The number of ketones is 4. The second-order valence-corrected chi connectivity index (χ2v) is 11.3. The lowest BCUT2D eigenvalue weighted by molar-refractivity contribution is -0.113. The Balaban J connectivity index is 0.000000400. The first-order valence-electron chi connectivity index (χ1n) is 14.6. The quantitative estimate of drug-likeness (QED) is 0.250. The van der Waals surface area contributed by atoms with E-state index in [0.29, 0.717) is 24.2 Å². The molecule has 0 heterocycles. The van der Waals surface area contributed by atoms with Crippen LogP contribution in [0.2, 0.25) is 0 Å². The van der Waals surface area contributed by atoms with Gasteiger partial charge >= 0.3 is 0 Å². The number of nitrogens with one attached hydrogen (secondary N) is 4. The first kappa shape index (κ1) is 34.9. The Morgan fingerprint density at radius 3 is 0.725 bits per heavy atom. The van der Waals surface area contributed by atoms with Crippen molar-refractivity contribution < 1.29 is 19.2 Å². The van der Waals surface area contributed by atoms with Crippen LogP contribution in [-0.4, -0.2) is 47.3 Å². The highest BCUT2D eigenvalue weighted by molar-refractivity contribution is 5.88. The molecule has 2 aliphatic carbocycles. The molecule has 0 aromatic rings. The maximum atomic E-state index is 11.1. The van der Waals surface area contributed by atoms with Gasteiger partial charge in [0.1, 0.15) is 0 Å². The topological polar surface area (TPSA) is 116 Å². The number of rotatable bonds is 12. The van der Waals surface area contributed by atoms with E-state index in [2.05, 4.69) is 21.3 Å². The van der Waals surface area contributed by atoms with E-state index >= 15 is 0 Å². The fourth-order valence-electron chi connectivity index (χ4n) is 5.51. The van der Waals surface area contributed by atoms with Crippen molar-refractivity contribution in [1.82, 2.24) is 21.3 Å². The average molecular weight is 557 g/mol. The monoisotopic (exact) mass is 556 g/mol. The van der Waals surface area contributed by atoms with Crippen LogP contribution in [0.25, 0.3) is 0 Å². The van der Waals surface area contributed by atoms with Crippen LogP contribution in [0.3, 0.4) is 0 Å². The molecule has 224 valence electrons. The summed E-state index contributed by atoms with van der Waals surface area (Å²) in [5.41, 5.74) is 3.63. The first-order valence-corrected chi connectivity index (χ1v) is 14.6. The van der Waals surface area contributed by atoms with Crippen LogP contribution in [-0.2, 0) is 19.2 Å². The predicted molar refractivity (Wildman–Crippen MR) is 162 cm³/mol. The van der Waals surface area contributed by atoms with Crippen LogP contribution in [0.4, 0.5) is 0 Å². The molecule has 0 radical (unpaired) electrons. The minimum Gasteiger partial charge on any atom is -0.384 e. The van der Waals surface area contributed by atoms with Crippen molar-refractivity contribution in [3.8, 4) is 0 Å².